The number of benzene rings is 1. The maximum atomic E-state index is 13.9. The molecule has 1 fully saturated rings. The Morgan fingerprint density at radius 1 is 1.50 bits per heavy atom. The number of piperidine rings is 1. The highest BCUT2D eigenvalue weighted by Crippen LogP contribution is 2.21. The Labute approximate surface area is 117 Å². The molecule has 1 aromatic rings. The minimum atomic E-state index is -0.598. The number of rotatable bonds is 3. The van der Waals surface area contributed by atoms with Crippen molar-refractivity contribution in [3.8, 4) is 5.75 Å². The molecule has 1 amide bonds. The number of ether oxygens (including phenoxy) is 1. The maximum Gasteiger partial charge on any atom is 0.256 e. The Morgan fingerprint density at radius 2 is 2.25 bits per heavy atom. The molecule has 0 aliphatic carbocycles. The number of methoxy groups -OCH3 is 1. The van der Waals surface area contributed by atoms with E-state index >= 15 is 0 Å². The molecular weight excluding hydrogens is 261 g/mol. The van der Waals surface area contributed by atoms with Crippen molar-refractivity contribution in [2.45, 2.75) is 19.8 Å². The smallest absolute Gasteiger partial charge is 0.256 e. The summed E-state index contributed by atoms with van der Waals surface area (Å²) in [6, 6.07) is 4.18. The van der Waals surface area contributed by atoms with Crippen LogP contribution in [0.2, 0.25) is 0 Å². The van der Waals surface area contributed by atoms with E-state index in [1.807, 2.05) is 6.92 Å². The van der Waals surface area contributed by atoms with E-state index in [1.54, 1.807) is 11.0 Å². The van der Waals surface area contributed by atoms with E-state index in [0.29, 0.717) is 31.7 Å². The van der Waals surface area contributed by atoms with Crippen LogP contribution in [-0.2, 0) is 4.79 Å². The Kier molecular flexibility index (Phi) is 4.37. The van der Waals surface area contributed by atoms with Gasteiger partial charge in [-0.2, -0.15) is 0 Å². The molecule has 20 heavy (non-hydrogen) atoms. The molecule has 1 aromatic carbocycles. The van der Waals surface area contributed by atoms with Crippen LogP contribution in [0.15, 0.2) is 18.2 Å². The van der Waals surface area contributed by atoms with Crippen molar-refractivity contribution in [1.29, 1.82) is 0 Å². The van der Waals surface area contributed by atoms with Gasteiger partial charge in [-0.1, -0.05) is 6.92 Å². The number of carbonyl (C=O) groups is 2. The van der Waals surface area contributed by atoms with Gasteiger partial charge in [0.15, 0.2) is 0 Å². The summed E-state index contributed by atoms with van der Waals surface area (Å²) in [7, 11) is 1.44. The molecule has 1 heterocycles. The van der Waals surface area contributed by atoms with Crippen LogP contribution >= 0.6 is 0 Å². The molecule has 1 unspecified atom stereocenters. The molecule has 0 aromatic heterocycles. The summed E-state index contributed by atoms with van der Waals surface area (Å²) in [5.41, 5.74) is 0.0232. The van der Waals surface area contributed by atoms with Gasteiger partial charge in [0.25, 0.3) is 5.91 Å². The van der Waals surface area contributed by atoms with Gasteiger partial charge in [0, 0.05) is 31.5 Å². The Balaban J connectivity index is 2.17. The number of Topliss-reactive ketones (excluding diaryl/α,β-unsaturated/α-hetero) is 1. The number of hydrogen-bond acceptors (Lipinski definition) is 3. The number of ketones is 1. The molecule has 5 heteroatoms. The highest BCUT2D eigenvalue weighted by Gasteiger charge is 2.30. The summed E-state index contributed by atoms with van der Waals surface area (Å²) in [5.74, 6) is -0.532. The van der Waals surface area contributed by atoms with Gasteiger partial charge in [-0.25, -0.2) is 4.39 Å². The third kappa shape index (κ3) is 2.81. The van der Waals surface area contributed by atoms with Crippen molar-refractivity contribution >= 4 is 11.7 Å². The van der Waals surface area contributed by atoms with Gasteiger partial charge in [0.05, 0.1) is 12.7 Å². The summed E-state index contributed by atoms with van der Waals surface area (Å²) in [6.45, 7) is 2.66. The molecule has 1 aliphatic rings. The van der Waals surface area contributed by atoms with Crippen LogP contribution in [0, 0.1) is 11.7 Å². The van der Waals surface area contributed by atoms with E-state index in [2.05, 4.69) is 0 Å². The summed E-state index contributed by atoms with van der Waals surface area (Å²) >= 11 is 0. The molecule has 1 saturated heterocycles. The van der Waals surface area contributed by atoms with Gasteiger partial charge in [-0.15, -0.1) is 0 Å². The van der Waals surface area contributed by atoms with Crippen LogP contribution in [-0.4, -0.2) is 36.8 Å². The third-order valence-corrected chi connectivity index (χ3v) is 3.71. The van der Waals surface area contributed by atoms with Crippen molar-refractivity contribution in [2.75, 3.05) is 20.2 Å². The first-order valence-electron chi connectivity index (χ1n) is 6.72. The minimum absolute atomic E-state index is 0.0232. The molecule has 2 rings (SSSR count). The standard InChI is InChI=1S/C15H18FNO3/c1-3-10-9-17(7-6-14(10)18)15(19)12-5-4-11(20-2)8-13(12)16/h4-5,8,10H,3,6-7,9H2,1-2H3. The minimum Gasteiger partial charge on any atom is -0.497 e. The van der Waals surface area contributed by atoms with E-state index in [-0.39, 0.29) is 23.2 Å². The molecule has 0 N–H and O–H groups in total. The zero-order valence-corrected chi connectivity index (χ0v) is 11.7. The molecule has 0 bridgehead atoms. The lowest BCUT2D eigenvalue weighted by Crippen LogP contribution is -2.44. The predicted molar refractivity (Wildman–Crippen MR) is 72.3 cm³/mol. The molecule has 1 aliphatic heterocycles. The van der Waals surface area contributed by atoms with Gasteiger partial charge in [-0.3, -0.25) is 9.59 Å². The normalized spacial score (nSPS) is 19.1. The van der Waals surface area contributed by atoms with Crippen molar-refractivity contribution in [1.82, 2.24) is 4.90 Å². The molecule has 4 nitrogen and oxygen atoms in total. The topological polar surface area (TPSA) is 46.6 Å². The molecule has 1 atom stereocenters. The average molecular weight is 279 g/mol. The second-order valence-corrected chi connectivity index (χ2v) is 4.92. The Bertz CT molecular complexity index is 530. The number of likely N-dealkylation sites (tertiary alicyclic amines) is 1. The molecule has 0 saturated carbocycles. The fourth-order valence-corrected chi connectivity index (χ4v) is 2.42. The second-order valence-electron chi connectivity index (χ2n) is 4.92. The molecule has 0 spiro atoms. The highest BCUT2D eigenvalue weighted by atomic mass is 19.1. The highest BCUT2D eigenvalue weighted by molar-refractivity contribution is 5.96. The Hall–Kier alpha value is -1.91. The quantitative estimate of drug-likeness (QED) is 0.852. The van der Waals surface area contributed by atoms with Gasteiger partial charge in [0.2, 0.25) is 0 Å². The van der Waals surface area contributed by atoms with Crippen molar-refractivity contribution in [3.63, 3.8) is 0 Å². The number of amides is 1. The molecule has 0 radical (unpaired) electrons. The summed E-state index contributed by atoms with van der Waals surface area (Å²) in [4.78, 5) is 25.5. The van der Waals surface area contributed by atoms with Gasteiger partial charge >= 0.3 is 0 Å². The number of halogens is 1. The zero-order valence-electron chi connectivity index (χ0n) is 11.7. The zero-order chi connectivity index (χ0) is 14.7. The number of hydrogen-bond donors (Lipinski definition) is 0. The van der Waals surface area contributed by atoms with E-state index in [4.69, 9.17) is 4.74 Å². The largest absolute Gasteiger partial charge is 0.497 e. The van der Waals surface area contributed by atoms with Crippen LogP contribution in [0.4, 0.5) is 4.39 Å². The number of nitrogens with zero attached hydrogens (tertiary/aromatic N) is 1. The second kappa shape index (κ2) is 6.03. The Morgan fingerprint density at radius 3 is 2.85 bits per heavy atom. The lowest BCUT2D eigenvalue weighted by molar-refractivity contribution is -0.125. The van der Waals surface area contributed by atoms with Crippen molar-refractivity contribution < 1.29 is 18.7 Å². The first-order chi connectivity index (χ1) is 9.56. The van der Waals surface area contributed by atoms with Crippen molar-refractivity contribution in [3.05, 3.63) is 29.6 Å². The van der Waals surface area contributed by atoms with Gasteiger partial charge < -0.3 is 9.64 Å². The van der Waals surface area contributed by atoms with Gasteiger partial charge in [-0.05, 0) is 18.6 Å². The summed E-state index contributed by atoms with van der Waals surface area (Å²) < 4.78 is 18.8. The SMILES string of the molecule is CCC1CN(C(=O)c2ccc(OC)cc2F)CCC1=O. The summed E-state index contributed by atoms with van der Waals surface area (Å²) in [5, 5.41) is 0. The van der Waals surface area contributed by atoms with Crippen molar-refractivity contribution in [2.24, 2.45) is 5.92 Å². The average Bonchev–Trinajstić information content (AvgIpc) is 2.47. The lowest BCUT2D eigenvalue weighted by atomic mass is 9.93. The van der Waals surface area contributed by atoms with E-state index in [0.717, 1.165) is 0 Å². The van der Waals surface area contributed by atoms with Crippen LogP contribution in [0.3, 0.4) is 0 Å². The molecular formula is C15H18FNO3. The van der Waals surface area contributed by atoms with E-state index < -0.39 is 5.82 Å². The third-order valence-electron chi connectivity index (χ3n) is 3.71. The van der Waals surface area contributed by atoms with E-state index in [9.17, 15) is 14.0 Å². The predicted octanol–water partition coefficient (Wildman–Crippen LogP) is 2.28. The first-order valence-corrected chi connectivity index (χ1v) is 6.72. The van der Waals surface area contributed by atoms with E-state index in [1.165, 1.54) is 19.2 Å². The lowest BCUT2D eigenvalue weighted by Gasteiger charge is -2.31. The van der Waals surface area contributed by atoms with Crippen LogP contribution < -0.4 is 4.74 Å². The van der Waals surface area contributed by atoms with Crippen LogP contribution in [0.5, 0.6) is 5.75 Å². The number of carbonyl (C=O) groups excluding carboxylic acids is 2. The first kappa shape index (κ1) is 14.5. The fourth-order valence-electron chi connectivity index (χ4n) is 2.42. The van der Waals surface area contributed by atoms with Crippen LogP contribution in [0.1, 0.15) is 30.1 Å². The molecule has 108 valence electrons. The van der Waals surface area contributed by atoms with Gasteiger partial charge in [0.1, 0.15) is 17.3 Å². The van der Waals surface area contributed by atoms with Crippen LogP contribution in [0.25, 0.3) is 0 Å². The summed E-state index contributed by atoms with van der Waals surface area (Å²) in [6.07, 6.45) is 1.05. The maximum absolute atomic E-state index is 13.9. The fraction of sp³-hybridized carbons (Fsp3) is 0.467. The monoisotopic (exact) mass is 279 g/mol.